The van der Waals surface area contributed by atoms with Gasteiger partial charge in [-0.3, -0.25) is 14.9 Å². The number of carbonyl (C=O) groups is 3. The van der Waals surface area contributed by atoms with Gasteiger partial charge < -0.3 is 4.57 Å². The Morgan fingerprint density at radius 2 is 1.38 bits per heavy atom. The Morgan fingerprint density at radius 1 is 0.750 bits per heavy atom. The fourth-order valence-electron chi connectivity index (χ4n) is 4.15. The van der Waals surface area contributed by atoms with Crippen molar-refractivity contribution in [2.75, 3.05) is 4.90 Å². The molecule has 1 saturated heterocycles. The molecular formula is C26H25N3O3. The predicted octanol–water partition coefficient (Wildman–Crippen LogP) is 4.69. The average Bonchev–Trinajstić information content (AvgIpc) is 2.98. The maximum Gasteiger partial charge on any atom is 0.335 e. The van der Waals surface area contributed by atoms with E-state index in [4.69, 9.17) is 0 Å². The molecule has 1 N–H and O–H groups in total. The molecule has 0 spiro atoms. The van der Waals surface area contributed by atoms with Crippen LogP contribution in [0, 0.1) is 34.6 Å². The van der Waals surface area contributed by atoms with Gasteiger partial charge in [0.25, 0.3) is 11.8 Å². The smallest absolute Gasteiger partial charge is 0.318 e. The van der Waals surface area contributed by atoms with Gasteiger partial charge in [0.2, 0.25) is 0 Å². The van der Waals surface area contributed by atoms with E-state index in [0.29, 0.717) is 5.69 Å². The molecule has 1 aromatic heterocycles. The standard InChI is InChI=1S/C26H25N3O3/c1-15-6-8-21(9-7-15)29-25(31)23(24(30)27-26(29)32)14-20-13-18(4)28(19(20)5)22-11-16(2)10-17(3)12-22/h6-14H,1-5H3,(H,27,30,32)/b23-14+. The van der Waals surface area contributed by atoms with E-state index in [9.17, 15) is 14.4 Å². The van der Waals surface area contributed by atoms with Crippen molar-refractivity contribution >= 4 is 29.6 Å². The maximum atomic E-state index is 13.2. The Bertz CT molecular complexity index is 1280. The second-order valence-corrected chi connectivity index (χ2v) is 8.30. The minimum atomic E-state index is -0.748. The number of hydrogen-bond acceptors (Lipinski definition) is 3. The number of nitrogens with one attached hydrogen (secondary N) is 1. The van der Waals surface area contributed by atoms with Crippen molar-refractivity contribution in [3.05, 3.63) is 87.7 Å². The van der Waals surface area contributed by atoms with Crippen LogP contribution in [-0.2, 0) is 9.59 Å². The first-order chi connectivity index (χ1) is 15.2. The van der Waals surface area contributed by atoms with Crippen molar-refractivity contribution in [3.63, 3.8) is 0 Å². The van der Waals surface area contributed by atoms with Crippen molar-refractivity contribution in [1.82, 2.24) is 9.88 Å². The molecule has 0 atom stereocenters. The van der Waals surface area contributed by atoms with Crippen molar-refractivity contribution in [1.29, 1.82) is 0 Å². The lowest BCUT2D eigenvalue weighted by Gasteiger charge is -2.26. The van der Waals surface area contributed by atoms with Gasteiger partial charge in [-0.05, 0) is 87.7 Å². The number of amides is 4. The summed E-state index contributed by atoms with van der Waals surface area (Å²) in [5.74, 6) is -1.33. The Morgan fingerprint density at radius 3 is 2.00 bits per heavy atom. The molecule has 162 valence electrons. The van der Waals surface area contributed by atoms with Crippen LogP contribution in [0.2, 0.25) is 0 Å². The number of aromatic nitrogens is 1. The van der Waals surface area contributed by atoms with E-state index >= 15 is 0 Å². The zero-order valence-corrected chi connectivity index (χ0v) is 18.8. The Labute approximate surface area is 187 Å². The van der Waals surface area contributed by atoms with Crippen LogP contribution in [-0.4, -0.2) is 22.4 Å². The van der Waals surface area contributed by atoms with Crippen LogP contribution in [0.4, 0.5) is 10.5 Å². The SMILES string of the molecule is Cc1ccc(N2C(=O)NC(=O)/C(=C\c3cc(C)n(-c4cc(C)cc(C)c4)c3C)C2=O)cc1. The van der Waals surface area contributed by atoms with Gasteiger partial charge in [-0.2, -0.15) is 0 Å². The zero-order valence-electron chi connectivity index (χ0n) is 18.8. The predicted molar refractivity (Wildman–Crippen MR) is 125 cm³/mol. The highest BCUT2D eigenvalue weighted by Crippen LogP contribution is 2.27. The first kappa shape index (κ1) is 21.3. The number of aryl methyl sites for hydroxylation is 4. The van der Waals surface area contributed by atoms with Crippen LogP contribution in [0.3, 0.4) is 0 Å². The molecule has 6 nitrogen and oxygen atoms in total. The average molecular weight is 428 g/mol. The lowest BCUT2D eigenvalue weighted by atomic mass is 10.1. The van der Waals surface area contributed by atoms with Gasteiger partial charge in [0.1, 0.15) is 5.57 Å². The lowest BCUT2D eigenvalue weighted by Crippen LogP contribution is -2.54. The molecule has 0 aliphatic carbocycles. The molecule has 1 fully saturated rings. The van der Waals surface area contributed by atoms with Gasteiger partial charge in [-0.1, -0.05) is 23.8 Å². The van der Waals surface area contributed by atoms with Crippen LogP contribution in [0.5, 0.6) is 0 Å². The monoisotopic (exact) mass is 427 g/mol. The van der Waals surface area contributed by atoms with E-state index in [1.54, 1.807) is 18.2 Å². The summed E-state index contributed by atoms with van der Waals surface area (Å²) in [6.45, 7) is 9.95. The van der Waals surface area contributed by atoms with Crippen LogP contribution >= 0.6 is 0 Å². The minimum absolute atomic E-state index is 0.0779. The molecule has 4 amide bonds. The summed E-state index contributed by atoms with van der Waals surface area (Å²) in [4.78, 5) is 39.1. The second kappa shape index (κ2) is 7.96. The molecule has 0 unspecified atom stereocenters. The number of barbiturate groups is 1. The first-order valence-corrected chi connectivity index (χ1v) is 10.4. The molecule has 1 aliphatic rings. The number of nitrogens with zero attached hydrogens (tertiary/aromatic N) is 2. The topological polar surface area (TPSA) is 71.4 Å². The summed E-state index contributed by atoms with van der Waals surface area (Å²) in [5.41, 5.74) is 7.31. The number of benzene rings is 2. The van der Waals surface area contributed by atoms with E-state index in [-0.39, 0.29) is 5.57 Å². The number of hydrogen-bond donors (Lipinski definition) is 1. The van der Waals surface area contributed by atoms with Gasteiger partial charge >= 0.3 is 6.03 Å². The van der Waals surface area contributed by atoms with Crippen molar-refractivity contribution < 1.29 is 14.4 Å². The van der Waals surface area contributed by atoms with Crippen LogP contribution < -0.4 is 10.2 Å². The van der Waals surface area contributed by atoms with Crippen LogP contribution in [0.25, 0.3) is 11.8 Å². The number of anilines is 1. The minimum Gasteiger partial charge on any atom is -0.318 e. The number of carbonyl (C=O) groups excluding carboxylic acids is 3. The number of urea groups is 1. The highest BCUT2D eigenvalue weighted by atomic mass is 16.2. The fraction of sp³-hybridized carbons (Fsp3) is 0.192. The highest BCUT2D eigenvalue weighted by molar-refractivity contribution is 6.39. The maximum absolute atomic E-state index is 13.2. The van der Waals surface area contributed by atoms with E-state index < -0.39 is 17.8 Å². The van der Waals surface area contributed by atoms with Crippen LogP contribution in [0.1, 0.15) is 33.6 Å². The summed E-state index contributed by atoms with van der Waals surface area (Å²) in [6.07, 6.45) is 1.56. The van der Waals surface area contributed by atoms with Gasteiger partial charge in [0, 0.05) is 17.1 Å². The molecular weight excluding hydrogens is 402 g/mol. The van der Waals surface area contributed by atoms with Crippen molar-refractivity contribution in [2.45, 2.75) is 34.6 Å². The van der Waals surface area contributed by atoms with Gasteiger partial charge in [0.15, 0.2) is 0 Å². The molecule has 4 rings (SSSR count). The van der Waals surface area contributed by atoms with Gasteiger partial charge in [-0.15, -0.1) is 0 Å². The van der Waals surface area contributed by atoms with E-state index in [1.165, 1.54) is 0 Å². The molecule has 32 heavy (non-hydrogen) atoms. The fourth-order valence-corrected chi connectivity index (χ4v) is 4.15. The molecule has 3 aromatic rings. The van der Waals surface area contributed by atoms with Gasteiger partial charge in [0.05, 0.1) is 5.69 Å². The van der Waals surface area contributed by atoms with Crippen molar-refractivity contribution in [3.8, 4) is 5.69 Å². The molecule has 1 aliphatic heterocycles. The van der Waals surface area contributed by atoms with Gasteiger partial charge in [-0.25, -0.2) is 9.69 Å². The van der Waals surface area contributed by atoms with E-state index in [1.807, 2.05) is 39.0 Å². The zero-order chi connectivity index (χ0) is 23.2. The van der Waals surface area contributed by atoms with E-state index in [2.05, 4.69) is 41.9 Å². The third-order valence-corrected chi connectivity index (χ3v) is 5.63. The summed E-state index contributed by atoms with van der Waals surface area (Å²) in [5, 5.41) is 2.28. The van der Waals surface area contributed by atoms with Crippen molar-refractivity contribution in [2.24, 2.45) is 0 Å². The van der Waals surface area contributed by atoms with E-state index in [0.717, 1.165) is 44.2 Å². The summed E-state index contributed by atoms with van der Waals surface area (Å²) < 4.78 is 2.10. The molecule has 0 radical (unpaired) electrons. The third kappa shape index (κ3) is 3.75. The molecule has 2 aromatic carbocycles. The Balaban J connectivity index is 1.77. The Hall–Kier alpha value is -3.93. The highest BCUT2D eigenvalue weighted by Gasteiger charge is 2.37. The number of rotatable bonds is 3. The molecule has 6 heteroatoms. The molecule has 2 heterocycles. The molecule has 0 bridgehead atoms. The normalized spacial score (nSPS) is 15.5. The third-order valence-electron chi connectivity index (χ3n) is 5.63. The quantitative estimate of drug-likeness (QED) is 0.487. The van der Waals surface area contributed by atoms with Crippen LogP contribution in [0.15, 0.2) is 54.1 Å². The second-order valence-electron chi connectivity index (χ2n) is 8.30. The first-order valence-electron chi connectivity index (χ1n) is 10.4. The number of imide groups is 2. The summed E-state index contributed by atoms with van der Waals surface area (Å²) in [7, 11) is 0. The largest absolute Gasteiger partial charge is 0.335 e. The lowest BCUT2D eigenvalue weighted by molar-refractivity contribution is -0.122. The Kier molecular flexibility index (Phi) is 5.30. The molecule has 0 saturated carbocycles. The summed E-state index contributed by atoms with van der Waals surface area (Å²) in [6, 6.07) is 14.5. The summed E-state index contributed by atoms with van der Waals surface area (Å²) >= 11 is 0.